The van der Waals surface area contributed by atoms with Crippen LogP contribution in [0.3, 0.4) is 0 Å². The minimum Gasteiger partial charge on any atom is -0.382 e. The largest absolute Gasteiger partial charge is 0.382 e. The molecule has 3 N–H and O–H groups in total. The fourth-order valence-electron chi connectivity index (χ4n) is 2.67. The molecule has 0 bridgehead atoms. The van der Waals surface area contributed by atoms with Crippen LogP contribution in [0.25, 0.3) is 10.2 Å². The molecule has 2 unspecified atom stereocenters. The highest BCUT2D eigenvalue weighted by Gasteiger charge is 2.19. The first-order chi connectivity index (χ1) is 9.24. The van der Waals surface area contributed by atoms with E-state index in [0.717, 1.165) is 16.3 Å². The number of nitrogens with two attached hydrogens (primary N) is 1. The molecular weight excluding hydrogens is 274 g/mol. The number of hydrogen-bond acceptors (Lipinski definition) is 5. The lowest BCUT2D eigenvalue weighted by Crippen LogP contribution is -2.34. The van der Waals surface area contributed by atoms with Crippen molar-refractivity contribution in [2.45, 2.75) is 42.1 Å². The molecule has 1 aromatic heterocycles. The van der Waals surface area contributed by atoms with Crippen LogP contribution < -0.4 is 11.1 Å². The molecule has 1 aromatic carbocycles. The molecule has 1 heterocycles. The van der Waals surface area contributed by atoms with Crippen molar-refractivity contribution in [1.82, 2.24) is 4.98 Å². The van der Waals surface area contributed by atoms with Crippen LogP contribution in [0, 0.1) is 0 Å². The summed E-state index contributed by atoms with van der Waals surface area (Å²) < 4.78 is 2.39. The van der Waals surface area contributed by atoms with Gasteiger partial charge in [-0.05, 0) is 50.1 Å². The van der Waals surface area contributed by atoms with Crippen molar-refractivity contribution in [2.75, 3.05) is 11.6 Å². The topological polar surface area (TPSA) is 50.9 Å². The predicted molar refractivity (Wildman–Crippen MR) is 85.3 cm³/mol. The number of nitrogens with zero attached hydrogens (tertiary/aromatic N) is 1. The van der Waals surface area contributed by atoms with E-state index in [4.69, 9.17) is 5.73 Å². The van der Waals surface area contributed by atoms with Gasteiger partial charge in [0.25, 0.3) is 0 Å². The quantitative estimate of drug-likeness (QED) is 0.847. The van der Waals surface area contributed by atoms with E-state index >= 15 is 0 Å². The Morgan fingerprint density at radius 3 is 3.11 bits per heavy atom. The summed E-state index contributed by atoms with van der Waals surface area (Å²) >= 11 is 3.47. The van der Waals surface area contributed by atoms with Gasteiger partial charge >= 0.3 is 0 Å². The molecule has 102 valence electrons. The van der Waals surface area contributed by atoms with Gasteiger partial charge in [0.05, 0.1) is 10.2 Å². The minimum absolute atomic E-state index is 0.362. The van der Waals surface area contributed by atoms with Gasteiger partial charge in [-0.15, -0.1) is 11.3 Å². The zero-order chi connectivity index (χ0) is 13.2. The van der Waals surface area contributed by atoms with E-state index in [2.05, 4.69) is 34.8 Å². The fourth-order valence-corrected chi connectivity index (χ4v) is 4.20. The van der Waals surface area contributed by atoms with Gasteiger partial charge < -0.3 is 11.1 Å². The number of nitrogens with one attached hydrogen (secondary N) is 1. The summed E-state index contributed by atoms with van der Waals surface area (Å²) in [5, 5.41) is 3.62. The van der Waals surface area contributed by atoms with Crippen molar-refractivity contribution in [3.8, 4) is 0 Å². The standard InChI is InChI=1S/C14H19N3S2/c1-18-14-17-12-6-5-11(8-13(12)19-14)16-10-4-2-3-9(15)7-10/h5-6,8-10,16H,2-4,7,15H2,1H3. The zero-order valence-electron chi connectivity index (χ0n) is 11.1. The summed E-state index contributed by atoms with van der Waals surface area (Å²) in [5.41, 5.74) is 8.33. The Labute approximate surface area is 122 Å². The van der Waals surface area contributed by atoms with Crippen molar-refractivity contribution in [1.29, 1.82) is 0 Å². The second-order valence-corrected chi connectivity index (χ2v) is 7.22. The monoisotopic (exact) mass is 293 g/mol. The lowest BCUT2D eigenvalue weighted by atomic mass is 9.91. The second-order valence-electron chi connectivity index (χ2n) is 5.13. The number of hydrogen-bond donors (Lipinski definition) is 2. The molecule has 1 aliphatic rings. The van der Waals surface area contributed by atoms with Crippen LogP contribution in [-0.4, -0.2) is 23.3 Å². The maximum Gasteiger partial charge on any atom is 0.150 e. The molecule has 19 heavy (non-hydrogen) atoms. The molecule has 2 aromatic rings. The molecule has 3 rings (SSSR count). The fraction of sp³-hybridized carbons (Fsp3) is 0.500. The van der Waals surface area contributed by atoms with Crippen molar-refractivity contribution >= 4 is 39.0 Å². The van der Waals surface area contributed by atoms with Gasteiger partial charge in [-0.25, -0.2) is 4.98 Å². The molecule has 1 saturated carbocycles. The summed E-state index contributed by atoms with van der Waals surface area (Å²) in [6.45, 7) is 0. The Hall–Kier alpha value is -0.780. The van der Waals surface area contributed by atoms with Gasteiger partial charge in [-0.1, -0.05) is 11.8 Å². The molecule has 3 nitrogen and oxygen atoms in total. The third-order valence-corrected chi connectivity index (χ3v) is 5.63. The van der Waals surface area contributed by atoms with Crippen LogP contribution in [0.1, 0.15) is 25.7 Å². The van der Waals surface area contributed by atoms with Crippen LogP contribution >= 0.6 is 23.1 Å². The Kier molecular flexibility index (Phi) is 3.96. The summed E-state index contributed by atoms with van der Waals surface area (Å²) in [6.07, 6.45) is 6.78. The first-order valence-electron chi connectivity index (χ1n) is 6.71. The first-order valence-corrected chi connectivity index (χ1v) is 8.75. The van der Waals surface area contributed by atoms with E-state index in [9.17, 15) is 0 Å². The zero-order valence-corrected chi connectivity index (χ0v) is 12.7. The molecule has 0 aliphatic heterocycles. The van der Waals surface area contributed by atoms with E-state index in [-0.39, 0.29) is 0 Å². The molecule has 1 aliphatic carbocycles. The van der Waals surface area contributed by atoms with Crippen LogP contribution in [0.15, 0.2) is 22.5 Å². The highest BCUT2D eigenvalue weighted by Crippen LogP contribution is 2.31. The summed E-state index contributed by atoms with van der Waals surface area (Å²) in [5.74, 6) is 0. The molecule has 0 saturated heterocycles. The Bertz CT molecular complexity index is 567. The Morgan fingerprint density at radius 2 is 2.32 bits per heavy atom. The number of anilines is 1. The van der Waals surface area contributed by atoms with E-state index in [1.165, 1.54) is 29.6 Å². The van der Waals surface area contributed by atoms with Gasteiger partial charge in [-0.3, -0.25) is 0 Å². The van der Waals surface area contributed by atoms with E-state index in [1.807, 2.05) is 0 Å². The van der Waals surface area contributed by atoms with Crippen molar-refractivity contribution in [3.05, 3.63) is 18.2 Å². The number of fused-ring (bicyclic) bond motifs is 1. The normalized spacial score (nSPS) is 23.7. The predicted octanol–water partition coefficient (Wildman–Crippen LogP) is 3.70. The maximum absolute atomic E-state index is 6.04. The SMILES string of the molecule is CSc1nc2ccc(NC3CCCC(N)C3)cc2s1. The number of benzene rings is 1. The number of rotatable bonds is 3. The van der Waals surface area contributed by atoms with Crippen molar-refractivity contribution in [3.63, 3.8) is 0 Å². The van der Waals surface area contributed by atoms with Gasteiger partial charge in [0.1, 0.15) is 0 Å². The second kappa shape index (κ2) is 5.69. The maximum atomic E-state index is 6.04. The first kappa shape index (κ1) is 13.2. The van der Waals surface area contributed by atoms with Gasteiger partial charge in [0.2, 0.25) is 0 Å². The van der Waals surface area contributed by atoms with Crippen LogP contribution in [0.2, 0.25) is 0 Å². The summed E-state index contributed by atoms with van der Waals surface area (Å²) in [7, 11) is 0. The molecule has 2 atom stereocenters. The van der Waals surface area contributed by atoms with Gasteiger partial charge in [0.15, 0.2) is 4.34 Å². The molecule has 1 fully saturated rings. The van der Waals surface area contributed by atoms with Crippen molar-refractivity contribution < 1.29 is 0 Å². The Balaban J connectivity index is 1.77. The molecule has 5 heteroatoms. The lowest BCUT2D eigenvalue weighted by molar-refractivity contribution is 0.409. The summed E-state index contributed by atoms with van der Waals surface area (Å²) in [6, 6.07) is 7.34. The van der Waals surface area contributed by atoms with Crippen LogP contribution in [0.4, 0.5) is 5.69 Å². The van der Waals surface area contributed by atoms with E-state index < -0.39 is 0 Å². The number of thiazole rings is 1. The number of thioether (sulfide) groups is 1. The third kappa shape index (κ3) is 3.04. The highest BCUT2D eigenvalue weighted by molar-refractivity contribution is 8.00. The molecule has 0 spiro atoms. The minimum atomic E-state index is 0.362. The van der Waals surface area contributed by atoms with Gasteiger partial charge in [0, 0.05) is 17.8 Å². The van der Waals surface area contributed by atoms with Crippen molar-refractivity contribution in [2.24, 2.45) is 5.73 Å². The average molecular weight is 293 g/mol. The molecular formula is C14H19N3S2. The molecule has 0 radical (unpaired) electrons. The molecule has 0 amide bonds. The smallest absolute Gasteiger partial charge is 0.150 e. The summed E-state index contributed by atoms with van der Waals surface area (Å²) in [4.78, 5) is 4.56. The Morgan fingerprint density at radius 1 is 1.42 bits per heavy atom. The lowest BCUT2D eigenvalue weighted by Gasteiger charge is -2.28. The van der Waals surface area contributed by atoms with Gasteiger partial charge in [-0.2, -0.15) is 0 Å². The third-order valence-electron chi connectivity index (χ3n) is 3.63. The average Bonchev–Trinajstić information content (AvgIpc) is 2.81. The van der Waals surface area contributed by atoms with Crippen LogP contribution in [0.5, 0.6) is 0 Å². The van der Waals surface area contributed by atoms with E-state index in [1.54, 1.807) is 23.1 Å². The van der Waals surface area contributed by atoms with E-state index in [0.29, 0.717) is 12.1 Å². The number of aromatic nitrogens is 1. The van der Waals surface area contributed by atoms with Crippen LogP contribution in [-0.2, 0) is 0 Å². The highest BCUT2D eigenvalue weighted by atomic mass is 32.2.